The van der Waals surface area contributed by atoms with Crippen LogP contribution in [0.3, 0.4) is 0 Å². The summed E-state index contributed by atoms with van der Waals surface area (Å²) in [6, 6.07) is 28.6. The van der Waals surface area contributed by atoms with E-state index < -0.39 is 0 Å². The summed E-state index contributed by atoms with van der Waals surface area (Å²) in [5, 5.41) is 9.64. The van der Waals surface area contributed by atoms with Crippen molar-refractivity contribution >= 4 is 5.65 Å². The van der Waals surface area contributed by atoms with Crippen LogP contribution in [0.5, 0.6) is 11.8 Å². The Morgan fingerprint density at radius 2 is 1.58 bits per heavy atom. The highest BCUT2D eigenvalue weighted by Crippen LogP contribution is 2.49. The highest BCUT2D eigenvalue weighted by molar-refractivity contribution is 5.69. The molecule has 1 atom stereocenters. The van der Waals surface area contributed by atoms with Crippen molar-refractivity contribution in [3.63, 3.8) is 0 Å². The Balaban J connectivity index is 1.49. The van der Waals surface area contributed by atoms with Gasteiger partial charge >= 0.3 is 0 Å². The van der Waals surface area contributed by atoms with Crippen LogP contribution in [0.25, 0.3) is 22.7 Å². The summed E-state index contributed by atoms with van der Waals surface area (Å²) in [6.45, 7) is 4.09. The number of nitrogens with zero attached hydrogens (tertiary/aromatic N) is 6. The molecule has 0 radical (unpaired) electrons. The van der Waals surface area contributed by atoms with E-state index in [1.165, 1.54) is 0 Å². The van der Waals surface area contributed by atoms with Crippen LogP contribution in [-0.4, -0.2) is 29.4 Å². The van der Waals surface area contributed by atoms with Crippen LogP contribution in [0.15, 0.2) is 91.3 Å². The second kappa shape index (κ2) is 7.88. The number of aryl methyl sites for hydroxylation is 2. The number of fused-ring (bicyclic) bond motifs is 4. The van der Waals surface area contributed by atoms with Crippen molar-refractivity contribution in [1.29, 1.82) is 0 Å². The Hall–Kier alpha value is -4.78. The van der Waals surface area contributed by atoms with Crippen LogP contribution < -0.4 is 4.74 Å². The summed E-state index contributed by atoms with van der Waals surface area (Å²) in [4.78, 5) is 9.67. The van der Waals surface area contributed by atoms with Crippen molar-refractivity contribution in [2.75, 3.05) is 0 Å². The van der Waals surface area contributed by atoms with Gasteiger partial charge in [-0.25, -0.2) is 19.2 Å². The number of rotatable bonds is 3. The van der Waals surface area contributed by atoms with Crippen molar-refractivity contribution in [1.82, 2.24) is 29.4 Å². The Bertz CT molecular complexity index is 1740. The van der Waals surface area contributed by atoms with Gasteiger partial charge in [0.05, 0.1) is 28.4 Å². The predicted molar refractivity (Wildman–Crippen MR) is 137 cm³/mol. The molecule has 174 valence electrons. The Labute approximate surface area is 207 Å². The number of hydrogen-bond donors (Lipinski definition) is 0. The SMILES string of the molecule is Cc1cccc(-c2nc3c4c(ncn3n2)Oc2c(c(C)nn2-c2ccccc2)C4c2ccccc2)c1. The third-order valence-electron chi connectivity index (χ3n) is 6.63. The first-order valence-electron chi connectivity index (χ1n) is 11.9. The van der Waals surface area contributed by atoms with Crippen LogP contribution in [0.2, 0.25) is 0 Å². The molecular formula is C29H22N6O. The molecule has 3 aromatic carbocycles. The summed E-state index contributed by atoms with van der Waals surface area (Å²) >= 11 is 0. The minimum Gasteiger partial charge on any atom is -0.420 e. The summed E-state index contributed by atoms with van der Waals surface area (Å²) in [5.74, 6) is 1.69. The van der Waals surface area contributed by atoms with E-state index in [1.807, 2.05) is 60.1 Å². The zero-order chi connectivity index (χ0) is 24.2. The highest BCUT2D eigenvalue weighted by Gasteiger charge is 2.38. The number of para-hydroxylation sites is 1. The maximum Gasteiger partial charge on any atom is 0.230 e. The Morgan fingerprint density at radius 3 is 2.36 bits per heavy atom. The third kappa shape index (κ3) is 3.13. The van der Waals surface area contributed by atoms with Gasteiger partial charge in [-0.15, -0.1) is 5.10 Å². The second-order valence-corrected chi connectivity index (χ2v) is 9.03. The molecule has 7 heteroatoms. The Morgan fingerprint density at radius 1 is 0.806 bits per heavy atom. The molecule has 0 aliphatic carbocycles. The first-order valence-corrected chi connectivity index (χ1v) is 11.9. The minimum atomic E-state index is -0.159. The fourth-order valence-electron chi connectivity index (χ4n) is 5.01. The van der Waals surface area contributed by atoms with E-state index in [1.54, 1.807) is 10.8 Å². The third-order valence-corrected chi connectivity index (χ3v) is 6.63. The summed E-state index contributed by atoms with van der Waals surface area (Å²) in [6.07, 6.45) is 1.67. The second-order valence-electron chi connectivity index (χ2n) is 9.03. The van der Waals surface area contributed by atoms with E-state index in [2.05, 4.69) is 48.3 Å². The van der Waals surface area contributed by atoms with Crippen LogP contribution in [0.1, 0.15) is 33.9 Å². The summed E-state index contributed by atoms with van der Waals surface area (Å²) in [7, 11) is 0. The largest absolute Gasteiger partial charge is 0.420 e. The van der Waals surface area contributed by atoms with Crippen LogP contribution in [0.4, 0.5) is 0 Å². The first kappa shape index (κ1) is 20.6. The molecule has 7 nitrogen and oxygen atoms in total. The molecule has 0 bridgehead atoms. The molecule has 7 rings (SSSR count). The quantitative estimate of drug-likeness (QED) is 0.323. The van der Waals surface area contributed by atoms with Gasteiger partial charge in [-0.2, -0.15) is 5.10 Å². The molecule has 0 fully saturated rings. The fraction of sp³-hybridized carbons (Fsp3) is 0.103. The van der Waals surface area contributed by atoms with Gasteiger partial charge < -0.3 is 4.74 Å². The normalized spacial score (nSPS) is 14.3. The van der Waals surface area contributed by atoms with Crippen LogP contribution in [0, 0.1) is 13.8 Å². The Kier molecular flexibility index (Phi) is 4.51. The molecule has 3 aromatic heterocycles. The van der Waals surface area contributed by atoms with Gasteiger partial charge in [0.25, 0.3) is 0 Å². The van der Waals surface area contributed by atoms with Crippen molar-refractivity contribution in [3.05, 3.63) is 119 Å². The lowest BCUT2D eigenvalue weighted by molar-refractivity contribution is 0.402. The van der Waals surface area contributed by atoms with Crippen molar-refractivity contribution in [2.24, 2.45) is 0 Å². The first-order chi connectivity index (χ1) is 17.7. The fourth-order valence-corrected chi connectivity index (χ4v) is 5.01. The molecule has 1 unspecified atom stereocenters. The monoisotopic (exact) mass is 470 g/mol. The lowest BCUT2D eigenvalue weighted by Gasteiger charge is -2.26. The molecule has 0 saturated heterocycles. The average Bonchev–Trinajstić information content (AvgIpc) is 3.50. The summed E-state index contributed by atoms with van der Waals surface area (Å²) < 4.78 is 10.1. The maximum atomic E-state index is 6.49. The topological polar surface area (TPSA) is 70.1 Å². The van der Waals surface area contributed by atoms with Gasteiger partial charge in [-0.3, -0.25) is 0 Å². The van der Waals surface area contributed by atoms with E-state index in [0.717, 1.165) is 44.8 Å². The predicted octanol–water partition coefficient (Wildman–Crippen LogP) is 5.88. The number of ether oxygens (including phenoxy) is 1. The van der Waals surface area contributed by atoms with Gasteiger partial charge in [0.1, 0.15) is 6.33 Å². The van der Waals surface area contributed by atoms with Gasteiger partial charge in [0.2, 0.25) is 11.8 Å². The molecule has 4 heterocycles. The van der Waals surface area contributed by atoms with Crippen molar-refractivity contribution in [2.45, 2.75) is 19.8 Å². The van der Waals surface area contributed by atoms with Crippen LogP contribution >= 0.6 is 0 Å². The van der Waals surface area contributed by atoms with Crippen molar-refractivity contribution in [3.8, 4) is 28.8 Å². The lowest BCUT2D eigenvalue weighted by atomic mass is 9.84. The standard InChI is InChI=1S/C29H22N6O/c1-18-10-9-13-21(16-18)26-31-27-25-24(20-11-5-3-6-12-20)23-19(2)32-35(22-14-7-4-8-15-22)29(23)36-28(25)30-17-34(27)33-26/h3-17,24H,1-2H3. The summed E-state index contributed by atoms with van der Waals surface area (Å²) in [5.41, 5.74) is 7.69. The van der Waals surface area contributed by atoms with E-state index in [-0.39, 0.29) is 5.92 Å². The molecule has 0 spiro atoms. The molecule has 1 aliphatic rings. The molecule has 0 N–H and O–H groups in total. The molecule has 6 aromatic rings. The zero-order valence-corrected chi connectivity index (χ0v) is 19.8. The van der Waals surface area contributed by atoms with E-state index in [0.29, 0.717) is 17.6 Å². The molecule has 0 saturated carbocycles. The molecule has 0 amide bonds. The molecule has 1 aliphatic heterocycles. The lowest BCUT2D eigenvalue weighted by Crippen LogP contribution is -2.16. The van der Waals surface area contributed by atoms with Gasteiger partial charge in [-0.05, 0) is 37.6 Å². The van der Waals surface area contributed by atoms with E-state index in [9.17, 15) is 0 Å². The smallest absolute Gasteiger partial charge is 0.230 e. The highest BCUT2D eigenvalue weighted by atomic mass is 16.5. The average molecular weight is 471 g/mol. The van der Waals surface area contributed by atoms with Gasteiger partial charge in [-0.1, -0.05) is 72.3 Å². The van der Waals surface area contributed by atoms with Crippen molar-refractivity contribution < 1.29 is 4.74 Å². The zero-order valence-electron chi connectivity index (χ0n) is 19.8. The molecule has 36 heavy (non-hydrogen) atoms. The number of benzene rings is 3. The van der Waals surface area contributed by atoms with E-state index >= 15 is 0 Å². The van der Waals surface area contributed by atoms with E-state index in [4.69, 9.17) is 19.9 Å². The van der Waals surface area contributed by atoms with Gasteiger partial charge in [0, 0.05) is 5.56 Å². The maximum absolute atomic E-state index is 6.49. The van der Waals surface area contributed by atoms with Gasteiger partial charge in [0.15, 0.2) is 11.5 Å². The minimum absolute atomic E-state index is 0.159. The van der Waals surface area contributed by atoms with Crippen LogP contribution in [-0.2, 0) is 0 Å². The molecular weight excluding hydrogens is 448 g/mol. The number of hydrogen-bond acceptors (Lipinski definition) is 5. The number of aromatic nitrogens is 6.